The molecule has 0 bridgehead atoms. The molecule has 1 saturated heterocycles. The molecule has 33 heavy (non-hydrogen) atoms. The first-order chi connectivity index (χ1) is 16.0. The number of sulfonamides is 1. The molecule has 4 aromatic rings. The number of carbonyl (C=O) groups is 1. The molecule has 5 rings (SSSR count). The zero-order valence-electron chi connectivity index (χ0n) is 17.8. The van der Waals surface area contributed by atoms with Gasteiger partial charge in [0.1, 0.15) is 0 Å². The third-order valence-electron chi connectivity index (χ3n) is 5.67. The molecule has 0 unspecified atom stereocenters. The molecule has 0 atom stereocenters. The van der Waals surface area contributed by atoms with Gasteiger partial charge in [-0.25, -0.2) is 13.4 Å². The van der Waals surface area contributed by atoms with E-state index in [0.717, 1.165) is 28.6 Å². The summed E-state index contributed by atoms with van der Waals surface area (Å²) in [4.78, 5) is 21.6. The fraction of sp³-hybridized carbons (Fsp3) is 0.160. The number of pyridine rings is 2. The SMILES string of the molecule is O=C(Nc1cccc(-c2ccc3cnccc3n2)c1)c1ccc(N2CCCCS2(=O)=O)cc1. The van der Waals surface area contributed by atoms with Gasteiger partial charge in [-0.1, -0.05) is 12.1 Å². The minimum absolute atomic E-state index is 0.161. The number of anilines is 2. The smallest absolute Gasteiger partial charge is 0.255 e. The van der Waals surface area contributed by atoms with Crippen LogP contribution in [-0.4, -0.2) is 36.6 Å². The summed E-state index contributed by atoms with van der Waals surface area (Å²) in [5, 5.41) is 3.88. The standard InChI is InChI=1S/C25H22N4O3S/c30-25(18-6-9-22(10-7-18)29-14-1-2-15-33(29,31)32)27-21-5-3-4-19(16-21)23-11-8-20-17-26-13-12-24(20)28-23/h3-13,16-17H,1-2,14-15H2,(H,27,30). The first-order valence-electron chi connectivity index (χ1n) is 10.7. The molecule has 1 aliphatic heterocycles. The Morgan fingerprint density at radius 1 is 0.970 bits per heavy atom. The van der Waals surface area contributed by atoms with Gasteiger partial charge in [0.15, 0.2) is 0 Å². The Kier molecular flexibility index (Phi) is 5.51. The maximum absolute atomic E-state index is 12.8. The van der Waals surface area contributed by atoms with E-state index in [1.54, 1.807) is 36.7 Å². The van der Waals surface area contributed by atoms with Gasteiger partial charge in [0.05, 0.1) is 22.7 Å². The van der Waals surface area contributed by atoms with E-state index >= 15 is 0 Å². The third-order valence-corrected chi connectivity index (χ3v) is 7.54. The number of amides is 1. The Labute approximate surface area is 192 Å². The van der Waals surface area contributed by atoms with Crippen LogP contribution in [-0.2, 0) is 10.0 Å². The van der Waals surface area contributed by atoms with E-state index in [9.17, 15) is 13.2 Å². The maximum atomic E-state index is 12.8. The third kappa shape index (κ3) is 4.42. The highest BCUT2D eigenvalue weighted by Gasteiger charge is 2.26. The van der Waals surface area contributed by atoms with E-state index < -0.39 is 10.0 Å². The van der Waals surface area contributed by atoms with Crippen molar-refractivity contribution in [1.29, 1.82) is 0 Å². The Hall–Kier alpha value is -3.78. The monoisotopic (exact) mass is 458 g/mol. The van der Waals surface area contributed by atoms with Crippen LogP contribution in [0.3, 0.4) is 0 Å². The number of benzene rings is 2. The van der Waals surface area contributed by atoms with Gasteiger partial charge in [-0.15, -0.1) is 0 Å². The van der Waals surface area contributed by atoms with Gasteiger partial charge in [0.25, 0.3) is 5.91 Å². The van der Waals surface area contributed by atoms with Crippen molar-refractivity contribution in [3.63, 3.8) is 0 Å². The second kappa shape index (κ2) is 8.63. The summed E-state index contributed by atoms with van der Waals surface area (Å²) < 4.78 is 26.0. The zero-order valence-corrected chi connectivity index (χ0v) is 18.6. The molecule has 2 aromatic carbocycles. The predicted octanol–water partition coefficient (Wildman–Crippen LogP) is 4.48. The van der Waals surface area contributed by atoms with E-state index in [1.165, 1.54) is 4.31 Å². The van der Waals surface area contributed by atoms with Crippen LogP contribution < -0.4 is 9.62 Å². The number of hydrogen-bond donors (Lipinski definition) is 1. The van der Waals surface area contributed by atoms with E-state index in [-0.39, 0.29) is 11.7 Å². The Balaban J connectivity index is 1.33. The van der Waals surface area contributed by atoms with E-state index in [1.807, 2.05) is 42.5 Å². The second-order valence-corrected chi connectivity index (χ2v) is 9.95. The van der Waals surface area contributed by atoms with Crippen molar-refractivity contribution in [2.45, 2.75) is 12.8 Å². The summed E-state index contributed by atoms with van der Waals surface area (Å²) in [6.07, 6.45) is 5.00. The number of carbonyl (C=O) groups excluding carboxylic acids is 1. The normalized spacial score (nSPS) is 15.3. The van der Waals surface area contributed by atoms with Crippen LogP contribution in [0.1, 0.15) is 23.2 Å². The molecular weight excluding hydrogens is 436 g/mol. The maximum Gasteiger partial charge on any atom is 0.255 e. The average molecular weight is 459 g/mol. The molecule has 0 saturated carbocycles. The fourth-order valence-corrected chi connectivity index (χ4v) is 5.58. The van der Waals surface area contributed by atoms with Gasteiger partial charge < -0.3 is 5.32 Å². The lowest BCUT2D eigenvalue weighted by Crippen LogP contribution is -2.37. The van der Waals surface area contributed by atoms with Crippen molar-refractivity contribution < 1.29 is 13.2 Å². The lowest BCUT2D eigenvalue weighted by Gasteiger charge is -2.28. The summed E-state index contributed by atoms with van der Waals surface area (Å²) in [6.45, 7) is 0.472. The lowest BCUT2D eigenvalue weighted by atomic mass is 10.1. The summed E-state index contributed by atoms with van der Waals surface area (Å²) in [6, 6.07) is 19.9. The van der Waals surface area contributed by atoms with Crippen LogP contribution in [0.15, 0.2) is 79.1 Å². The van der Waals surface area contributed by atoms with Crippen LogP contribution in [0.25, 0.3) is 22.2 Å². The van der Waals surface area contributed by atoms with Crippen molar-refractivity contribution in [2.24, 2.45) is 0 Å². The van der Waals surface area contributed by atoms with E-state index in [4.69, 9.17) is 0 Å². The highest BCUT2D eigenvalue weighted by molar-refractivity contribution is 7.92. The van der Waals surface area contributed by atoms with Crippen molar-refractivity contribution in [3.8, 4) is 11.3 Å². The average Bonchev–Trinajstić information content (AvgIpc) is 2.84. The van der Waals surface area contributed by atoms with Crippen LogP contribution in [0.5, 0.6) is 0 Å². The molecule has 2 aromatic heterocycles. The van der Waals surface area contributed by atoms with Crippen molar-refractivity contribution in [1.82, 2.24) is 9.97 Å². The van der Waals surface area contributed by atoms with Crippen molar-refractivity contribution in [2.75, 3.05) is 21.9 Å². The minimum Gasteiger partial charge on any atom is -0.322 e. The predicted molar refractivity (Wildman–Crippen MR) is 130 cm³/mol. The molecule has 0 spiro atoms. The van der Waals surface area contributed by atoms with Crippen LogP contribution in [0.4, 0.5) is 11.4 Å². The molecule has 7 nitrogen and oxygen atoms in total. The lowest BCUT2D eigenvalue weighted by molar-refractivity contribution is 0.102. The first kappa shape index (κ1) is 21.1. The number of nitrogens with one attached hydrogen (secondary N) is 1. The molecule has 1 N–H and O–H groups in total. The molecule has 0 radical (unpaired) electrons. The number of aromatic nitrogens is 2. The van der Waals surface area contributed by atoms with Gasteiger partial charge in [0.2, 0.25) is 10.0 Å². The molecule has 0 aliphatic carbocycles. The van der Waals surface area contributed by atoms with Crippen molar-refractivity contribution >= 4 is 38.2 Å². The number of hydrogen-bond acceptors (Lipinski definition) is 5. The molecule has 166 valence electrons. The quantitative estimate of drug-likeness (QED) is 0.487. The Morgan fingerprint density at radius 2 is 1.82 bits per heavy atom. The van der Waals surface area contributed by atoms with Crippen LogP contribution >= 0.6 is 0 Å². The minimum atomic E-state index is -3.28. The summed E-state index contributed by atoms with van der Waals surface area (Å²) in [5.74, 6) is -0.105. The van der Waals surface area contributed by atoms with Gasteiger partial charge in [0, 0.05) is 41.1 Å². The van der Waals surface area contributed by atoms with Crippen LogP contribution in [0.2, 0.25) is 0 Å². The van der Waals surface area contributed by atoms with Gasteiger partial charge in [-0.05, 0) is 67.4 Å². The van der Waals surface area contributed by atoms with Gasteiger partial charge in [-0.2, -0.15) is 0 Å². The molecule has 1 amide bonds. The molecule has 1 fully saturated rings. The fourth-order valence-electron chi connectivity index (χ4n) is 3.94. The van der Waals surface area contributed by atoms with Crippen LogP contribution in [0, 0.1) is 0 Å². The van der Waals surface area contributed by atoms with Crippen molar-refractivity contribution in [3.05, 3.63) is 84.7 Å². The topological polar surface area (TPSA) is 92.3 Å². The number of fused-ring (bicyclic) bond motifs is 1. The molecule has 1 aliphatic rings. The highest BCUT2D eigenvalue weighted by Crippen LogP contribution is 2.25. The molecule has 3 heterocycles. The summed E-state index contributed by atoms with van der Waals surface area (Å²) >= 11 is 0. The Morgan fingerprint density at radius 3 is 2.64 bits per heavy atom. The molecular formula is C25H22N4O3S. The van der Waals surface area contributed by atoms with Gasteiger partial charge >= 0.3 is 0 Å². The summed E-state index contributed by atoms with van der Waals surface area (Å²) in [5.41, 5.74) is 4.24. The Bertz CT molecular complexity index is 1440. The number of nitrogens with zero attached hydrogens (tertiary/aromatic N) is 3. The van der Waals surface area contributed by atoms with Gasteiger partial charge in [-0.3, -0.25) is 14.1 Å². The van der Waals surface area contributed by atoms with E-state index in [0.29, 0.717) is 29.9 Å². The first-order valence-corrected chi connectivity index (χ1v) is 12.3. The van der Waals surface area contributed by atoms with E-state index in [2.05, 4.69) is 15.3 Å². The largest absolute Gasteiger partial charge is 0.322 e. The number of rotatable bonds is 4. The molecule has 8 heteroatoms. The summed E-state index contributed by atoms with van der Waals surface area (Å²) in [7, 11) is -3.28. The second-order valence-electron chi connectivity index (χ2n) is 7.94. The highest BCUT2D eigenvalue weighted by atomic mass is 32.2. The zero-order chi connectivity index (χ0) is 22.8.